The SMILES string of the molecule is NC1(C(=O)NCC2CCC2)CCOCC1. The summed E-state index contributed by atoms with van der Waals surface area (Å²) >= 11 is 0. The van der Waals surface area contributed by atoms with Gasteiger partial charge in [-0.3, -0.25) is 4.79 Å². The third-order valence-corrected chi connectivity index (χ3v) is 3.61. The zero-order valence-electron chi connectivity index (χ0n) is 9.13. The molecule has 0 spiro atoms. The highest BCUT2D eigenvalue weighted by atomic mass is 16.5. The summed E-state index contributed by atoms with van der Waals surface area (Å²) in [6.45, 7) is 2.01. The van der Waals surface area contributed by atoms with Crippen LogP contribution in [0.15, 0.2) is 0 Å². The van der Waals surface area contributed by atoms with Gasteiger partial charge in [-0.1, -0.05) is 6.42 Å². The monoisotopic (exact) mass is 212 g/mol. The Morgan fingerprint density at radius 3 is 2.60 bits per heavy atom. The Morgan fingerprint density at radius 1 is 1.40 bits per heavy atom. The van der Waals surface area contributed by atoms with Gasteiger partial charge in [0.25, 0.3) is 0 Å². The number of hydrogen-bond acceptors (Lipinski definition) is 3. The molecule has 0 unspecified atom stereocenters. The second-order valence-corrected chi connectivity index (χ2v) is 4.78. The van der Waals surface area contributed by atoms with Gasteiger partial charge in [0.1, 0.15) is 0 Å². The predicted octanol–water partition coefficient (Wildman–Crippen LogP) is 0.411. The molecule has 1 aliphatic carbocycles. The number of nitrogens with two attached hydrogens (primary N) is 1. The topological polar surface area (TPSA) is 64.4 Å². The van der Waals surface area contributed by atoms with Gasteiger partial charge in [0.2, 0.25) is 5.91 Å². The van der Waals surface area contributed by atoms with E-state index in [-0.39, 0.29) is 5.91 Å². The summed E-state index contributed by atoms with van der Waals surface area (Å²) in [5.74, 6) is 0.704. The Balaban J connectivity index is 1.77. The van der Waals surface area contributed by atoms with Crippen LogP contribution in [-0.2, 0) is 9.53 Å². The zero-order valence-corrected chi connectivity index (χ0v) is 9.13. The first-order valence-corrected chi connectivity index (χ1v) is 5.86. The van der Waals surface area contributed by atoms with Crippen molar-refractivity contribution in [1.82, 2.24) is 5.32 Å². The van der Waals surface area contributed by atoms with E-state index in [1.54, 1.807) is 0 Å². The van der Waals surface area contributed by atoms with Crippen LogP contribution in [0.4, 0.5) is 0 Å². The summed E-state index contributed by atoms with van der Waals surface area (Å²) < 4.78 is 5.21. The van der Waals surface area contributed by atoms with Crippen LogP contribution in [0.1, 0.15) is 32.1 Å². The van der Waals surface area contributed by atoms with E-state index < -0.39 is 5.54 Å². The Hall–Kier alpha value is -0.610. The van der Waals surface area contributed by atoms with E-state index in [1.807, 2.05) is 0 Å². The summed E-state index contributed by atoms with van der Waals surface area (Å²) in [4.78, 5) is 11.9. The van der Waals surface area contributed by atoms with Gasteiger partial charge in [-0.15, -0.1) is 0 Å². The number of hydrogen-bond donors (Lipinski definition) is 2. The standard InChI is InChI=1S/C11H20N2O2/c12-11(4-6-15-7-5-11)10(14)13-8-9-2-1-3-9/h9H,1-8,12H2,(H,13,14). The third-order valence-electron chi connectivity index (χ3n) is 3.61. The fraction of sp³-hybridized carbons (Fsp3) is 0.909. The fourth-order valence-corrected chi connectivity index (χ4v) is 2.07. The minimum Gasteiger partial charge on any atom is -0.381 e. The molecule has 4 heteroatoms. The van der Waals surface area contributed by atoms with Crippen LogP contribution in [0, 0.1) is 5.92 Å². The van der Waals surface area contributed by atoms with Crippen molar-refractivity contribution in [2.45, 2.75) is 37.6 Å². The number of nitrogens with one attached hydrogen (secondary N) is 1. The van der Waals surface area contributed by atoms with Crippen LogP contribution in [-0.4, -0.2) is 31.2 Å². The molecule has 0 atom stereocenters. The smallest absolute Gasteiger partial charge is 0.240 e. The molecule has 0 bridgehead atoms. The summed E-state index contributed by atoms with van der Waals surface area (Å²) in [7, 11) is 0. The lowest BCUT2D eigenvalue weighted by Crippen LogP contribution is -2.57. The second-order valence-electron chi connectivity index (χ2n) is 4.78. The molecule has 3 N–H and O–H groups in total. The molecule has 15 heavy (non-hydrogen) atoms. The van der Waals surface area contributed by atoms with Crippen molar-refractivity contribution in [2.75, 3.05) is 19.8 Å². The number of rotatable bonds is 3. The van der Waals surface area contributed by atoms with Gasteiger partial charge in [-0.05, 0) is 31.6 Å². The maximum Gasteiger partial charge on any atom is 0.240 e. The van der Waals surface area contributed by atoms with Gasteiger partial charge in [0, 0.05) is 19.8 Å². The lowest BCUT2D eigenvalue weighted by atomic mass is 9.85. The normalized spacial score (nSPS) is 25.7. The van der Waals surface area contributed by atoms with Gasteiger partial charge < -0.3 is 15.8 Å². The van der Waals surface area contributed by atoms with Crippen molar-refractivity contribution in [3.63, 3.8) is 0 Å². The summed E-state index contributed by atoms with van der Waals surface area (Å²) in [5.41, 5.74) is 5.38. The van der Waals surface area contributed by atoms with E-state index in [2.05, 4.69) is 5.32 Å². The molecule has 1 heterocycles. The van der Waals surface area contributed by atoms with Crippen LogP contribution < -0.4 is 11.1 Å². The van der Waals surface area contributed by atoms with Crippen LogP contribution >= 0.6 is 0 Å². The van der Waals surface area contributed by atoms with E-state index in [1.165, 1.54) is 19.3 Å². The third kappa shape index (κ3) is 2.49. The van der Waals surface area contributed by atoms with Gasteiger partial charge >= 0.3 is 0 Å². The van der Waals surface area contributed by atoms with E-state index in [0.29, 0.717) is 32.0 Å². The van der Waals surface area contributed by atoms with Crippen molar-refractivity contribution in [3.05, 3.63) is 0 Å². The Bertz CT molecular complexity index is 233. The molecule has 0 aromatic rings. The number of ether oxygens (including phenoxy) is 1. The molecule has 4 nitrogen and oxygen atoms in total. The van der Waals surface area contributed by atoms with E-state index in [4.69, 9.17) is 10.5 Å². The van der Waals surface area contributed by atoms with Gasteiger partial charge in [-0.2, -0.15) is 0 Å². The van der Waals surface area contributed by atoms with E-state index >= 15 is 0 Å². The quantitative estimate of drug-likeness (QED) is 0.712. The Labute approximate surface area is 90.5 Å². The largest absolute Gasteiger partial charge is 0.381 e. The highest BCUT2D eigenvalue weighted by Crippen LogP contribution is 2.25. The average molecular weight is 212 g/mol. The molecule has 0 aromatic carbocycles. The maximum atomic E-state index is 11.9. The highest BCUT2D eigenvalue weighted by molar-refractivity contribution is 5.86. The van der Waals surface area contributed by atoms with Crippen LogP contribution in [0.3, 0.4) is 0 Å². The molecule has 1 amide bonds. The molecule has 86 valence electrons. The molecule has 0 aromatic heterocycles. The first-order valence-electron chi connectivity index (χ1n) is 5.86. The van der Waals surface area contributed by atoms with E-state index in [9.17, 15) is 4.79 Å². The lowest BCUT2D eigenvalue weighted by Gasteiger charge is -2.33. The molecule has 2 aliphatic rings. The fourth-order valence-electron chi connectivity index (χ4n) is 2.07. The summed E-state index contributed by atoms with van der Waals surface area (Å²) in [6.07, 6.45) is 5.09. The molecule has 2 rings (SSSR count). The first-order chi connectivity index (χ1) is 7.21. The Morgan fingerprint density at radius 2 is 2.07 bits per heavy atom. The number of carbonyl (C=O) groups is 1. The Kier molecular flexibility index (Phi) is 3.26. The molecule has 0 radical (unpaired) electrons. The van der Waals surface area contributed by atoms with Crippen LogP contribution in [0.2, 0.25) is 0 Å². The second kappa shape index (κ2) is 4.49. The minimum atomic E-state index is -0.679. The van der Waals surface area contributed by atoms with Gasteiger partial charge in [0.05, 0.1) is 5.54 Å². The first kappa shape index (κ1) is 10.9. The minimum absolute atomic E-state index is 0.0118. The number of carbonyl (C=O) groups excluding carboxylic acids is 1. The molecule has 1 saturated heterocycles. The zero-order chi connectivity index (χ0) is 10.7. The molecule has 1 aliphatic heterocycles. The van der Waals surface area contributed by atoms with Crippen molar-refractivity contribution in [2.24, 2.45) is 11.7 Å². The highest BCUT2D eigenvalue weighted by Gasteiger charge is 2.36. The molecular formula is C11H20N2O2. The van der Waals surface area contributed by atoms with Crippen molar-refractivity contribution >= 4 is 5.91 Å². The van der Waals surface area contributed by atoms with Crippen molar-refractivity contribution < 1.29 is 9.53 Å². The van der Waals surface area contributed by atoms with E-state index in [0.717, 1.165) is 6.54 Å². The summed E-state index contributed by atoms with van der Waals surface area (Å²) in [6, 6.07) is 0. The van der Waals surface area contributed by atoms with Crippen LogP contribution in [0.25, 0.3) is 0 Å². The van der Waals surface area contributed by atoms with Crippen LogP contribution in [0.5, 0.6) is 0 Å². The molecule has 1 saturated carbocycles. The van der Waals surface area contributed by atoms with Gasteiger partial charge in [0.15, 0.2) is 0 Å². The maximum absolute atomic E-state index is 11.9. The van der Waals surface area contributed by atoms with Crippen molar-refractivity contribution in [3.8, 4) is 0 Å². The molecule has 2 fully saturated rings. The predicted molar refractivity (Wildman–Crippen MR) is 57.3 cm³/mol. The lowest BCUT2D eigenvalue weighted by molar-refractivity contribution is -0.130. The average Bonchev–Trinajstić information content (AvgIpc) is 2.16. The van der Waals surface area contributed by atoms with Crippen molar-refractivity contribution in [1.29, 1.82) is 0 Å². The summed E-state index contributed by atoms with van der Waals surface area (Å²) in [5, 5.41) is 2.98. The van der Waals surface area contributed by atoms with Gasteiger partial charge in [-0.25, -0.2) is 0 Å². The number of amides is 1. The molecular weight excluding hydrogens is 192 g/mol.